The van der Waals surface area contributed by atoms with E-state index in [4.69, 9.17) is 9.26 Å². The fraction of sp³-hybridized carbons (Fsp3) is 0.857. The number of hydrogen-bond acceptors (Lipinski definition) is 7. The minimum absolute atomic E-state index is 0.279. The van der Waals surface area contributed by atoms with Crippen LogP contribution in [0.1, 0.15) is 25.6 Å². The van der Waals surface area contributed by atoms with Gasteiger partial charge in [0.1, 0.15) is 0 Å². The van der Waals surface area contributed by atoms with Gasteiger partial charge in [0.25, 0.3) is 0 Å². The molecular weight excluding hydrogens is 272 g/mol. The Hall–Kier alpha value is -1.02. The molecule has 1 N–H and O–H groups in total. The van der Waals surface area contributed by atoms with E-state index in [1.807, 2.05) is 6.92 Å². The summed E-state index contributed by atoms with van der Waals surface area (Å²) in [5.41, 5.74) is 0. The van der Waals surface area contributed by atoms with Crippen molar-refractivity contribution in [3.63, 3.8) is 0 Å². The third kappa shape index (κ3) is 5.03. The highest BCUT2D eigenvalue weighted by Gasteiger charge is 2.25. The van der Waals surface area contributed by atoms with Crippen molar-refractivity contribution >= 4 is 0 Å². The van der Waals surface area contributed by atoms with E-state index in [0.29, 0.717) is 37.3 Å². The van der Waals surface area contributed by atoms with Crippen LogP contribution in [-0.4, -0.2) is 77.1 Å². The molecule has 2 rings (SSSR count). The number of piperazine rings is 1. The van der Waals surface area contributed by atoms with Crippen molar-refractivity contribution in [3.05, 3.63) is 11.7 Å². The van der Waals surface area contributed by atoms with Crippen molar-refractivity contribution < 1.29 is 14.4 Å². The SMILES string of the molecule is COCCc1noc(CN2CCN(CC(C)O)C(C)C2)n1. The number of β-amino-alcohol motifs (C(OH)–C–C–N with tert-alkyl or cyclic N) is 1. The van der Waals surface area contributed by atoms with Crippen LogP contribution in [0.5, 0.6) is 0 Å². The number of aliphatic hydroxyl groups is 1. The lowest BCUT2D eigenvalue weighted by Gasteiger charge is -2.39. The second-order valence-corrected chi connectivity index (χ2v) is 5.78. The molecule has 0 bridgehead atoms. The average Bonchev–Trinajstić information content (AvgIpc) is 2.87. The number of aromatic nitrogens is 2. The second kappa shape index (κ2) is 7.84. The molecule has 2 unspecified atom stereocenters. The molecule has 2 atom stereocenters. The van der Waals surface area contributed by atoms with Gasteiger partial charge in [0, 0.05) is 45.8 Å². The van der Waals surface area contributed by atoms with E-state index in [-0.39, 0.29) is 6.10 Å². The summed E-state index contributed by atoms with van der Waals surface area (Å²) >= 11 is 0. The lowest BCUT2D eigenvalue weighted by molar-refractivity contribution is 0.0385. The number of nitrogens with zero attached hydrogens (tertiary/aromatic N) is 4. The maximum atomic E-state index is 9.50. The summed E-state index contributed by atoms with van der Waals surface area (Å²) in [6, 6.07) is 0.421. The van der Waals surface area contributed by atoms with Gasteiger partial charge in [-0.25, -0.2) is 0 Å². The first-order chi connectivity index (χ1) is 10.1. The fourth-order valence-electron chi connectivity index (χ4n) is 2.67. The minimum atomic E-state index is -0.279. The maximum Gasteiger partial charge on any atom is 0.240 e. The number of ether oxygens (including phenoxy) is 1. The molecule has 7 heteroatoms. The van der Waals surface area contributed by atoms with Gasteiger partial charge in [-0.2, -0.15) is 4.98 Å². The summed E-state index contributed by atoms with van der Waals surface area (Å²) < 4.78 is 10.3. The van der Waals surface area contributed by atoms with Gasteiger partial charge in [0.2, 0.25) is 5.89 Å². The summed E-state index contributed by atoms with van der Waals surface area (Å²) in [6.07, 6.45) is 0.400. The molecule has 1 aromatic rings. The normalized spacial score (nSPS) is 22.6. The van der Waals surface area contributed by atoms with E-state index in [1.165, 1.54) is 0 Å². The molecule has 2 heterocycles. The van der Waals surface area contributed by atoms with E-state index in [1.54, 1.807) is 7.11 Å². The largest absolute Gasteiger partial charge is 0.392 e. The smallest absolute Gasteiger partial charge is 0.240 e. The zero-order valence-electron chi connectivity index (χ0n) is 13.2. The molecular formula is C14H26N4O3. The first-order valence-electron chi connectivity index (χ1n) is 7.53. The summed E-state index contributed by atoms with van der Waals surface area (Å²) in [7, 11) is 1.66. The van der Waals surface area contributed by atoms with Crippen LogP contribution < -0.4 is 0 Å². The molecule has 7 nitrogen and oxygen atoms in total. The van der Waals surface area contributed by atoms with Gasteiger partial charge in [-0.15, -0.1) is 0 Å². The molecule has 0 saturated carbocycles. The van der Waals surface area contributed by atoms with Gasteiger partial charge in [0.15, 0.2) is 5.82 Å². The van der Waals surface area contributed by atoms with Gasteiger partial charge >= 0.3 is 0 Å². The van der Waals surface area contributed by atoms with E-state index in [0.717, 1.165) is 26.2 Å². The highest BCUT2D eigenvalue weighted by atomic mass is 16.5. The van der Waals surface area contributed by atoms with Crippen LogP contribution in [0.2, 0.25) is 0 Å². The highest BCUT2D eigenvalue weighted by Crippen LogP contribution is 2.13. The molecule has 21 heavy (non-hydrogen) atoms. The van der Waals surface area contributed by atoms with Crippen LogP contribution in [0.25, 0.3) is 0 Å². The quantitative estimate of drug-likeness (QED) is 0.767. The first-order valence-corrected chi connectivity index (χ1v) is 7.53. The molecule has 1 aliphatic rings. The van der Waals surface area contributed by atoms with E-state index in [9.17, 15) is 5.11 Å². The van der Waals surface area contributed by atoms with Crippen molar-refractivity contribution in [1.29, 1.82) is 0 Å². The van der Waals surface area contributed by atoms with Crippen molar-refractivity contribution in [1.82, 2.24) is 19.9 Å². The molecule has 1 fully saturated rings. The predicted molar refractivity (Wildman–Crippen MR) is 77.9 cm³/mol. The standard InChI is InChI=1S/C14H26N4O3/c1-11-8-17(5-6-18(11)9-12(2)19)10-14-15-13(16-21-14)4-7-20-3/h11-12,19H,4-10H2,1-3H3. The van der Waals surface area contributed by atoms with Crippen LogP contribution in [0.4, 0.5) is 0 Å². The van der Waals surface area contributed by atoms with Gasteiger partial charge in [-0.3, -0.25) is 9.80 Å². The second-order valence-electron chi connectivity index (χ2n) is 5.78. The summed E-state index contributed by atoms with van der Waals surface area (Å²) in [4.78, 5) is 9.02. The Morgan fingerprint density at radius 3 is 2.95 bits per heavy atom. The zero-order valence-corrected chi connectivity index (χ0v) is 13.2. The molecule has 1 saturated heterocycles. The lowest BCUT2D eigenvalue weighted by atomic mass is 10.1. The number of hydrogen-bond donors (Lipinski definition) is 1. The maximum absolute atomic E-state index is 9.50. The Kier molecular flexibility index (Phi) is 6.10. The van der Waals surface area contributed by atoms with Crippen molar-refractivity contribution in [2.75, 3.05) is 39.9 Å². The van der Waals surface area contributed by atoms with Crippen LogP contribution in [0, 0.1) is 0 Å². The third-order valence-electron chi connectivity index (χ3n) is 3.75. The van der Waals surface area contributed by atoms with Gasteiger partial charge < -0.3 is 14.4 Å². The van der Waals surface area contributed by atoms with Crippen molar-refractivity contribution in [2.24, 2.45) is 0 Å². The lowest BCUT2D eigenvalue weighted by Crippen LogP contribution is -2.53. The van der Waals surface area contributed by atoms with Crippen molar-refractivity contribution in [2.45, 2.75) is 39.0 Å². The minimum Gasteiger partial charge on any atom is -0.392 e. The third-order valence-corrected chi connectivity index (χ3v) is 3.75. The Bertz CT molecular complexity index is 424. The topological polar surface area (TPSA) is 74.9 Å². The summed E-state index contributed by atoms with van der Waals surface area (Å²) in [5.74, 6) is 1.37. The van der Waals surface area contributed by atoms with Crippen molar-refractivity contribution in [3.8, 4) is 0 Å². The summed E-state index contributed by atoms with van der Waals surface area (Å²) in [6.45, 7) is 8.90. The molecule has 0 aliphatic carbocycles. The summed E-state index contributed by atoms with van der Waals surface area (Å²) in [5, 5.41) is 13.5. The van der Waals surface area contributed by atoms with Crippen LogP contribution >= 0.6 is 0 Å². The Labute approximate surface area is 125 Å². The Balaban J connectivity index is 1.80. The fourth-order valence-corrected chi connectivity index (χ4v) is 2.67. The van der Waals surface area contributed by atoms with Gasteiger partial charge in [-0.05, 0) is 13.8 Å². The first kappa shape index (κ1) is 16.4. The number of rotatable bonds is 7. The van der Waals surface area contributed by atoms with E-state index < -0.39 is 0 Å². The number of methoxy groups -OCH3 is 1. The molecule has 0 amide bonds. The molecule has 0 aromatic carbocycles. The molecule has 0 spiro atoms. The zero-order chi connectivity index (χ0) is 15.2. The molecule has 1 aromatic heterocycles. The van der Waals surface area contributed by atoms with Crippen LogP contribution in [-0.2, 0) is 17.7 Å². The molecule has 120 valence electrons. The molecule has 0 radical (unpaired) electrons. The van der Waals surface area contributed by atoms with E-state index in [2.05, 4.69) is 26.9 Å². The van der Waals surface area contributed by atoms with E-state index >= 15 is 0 Å². The van der Waals surface area contributed by atoms with Crippen LogP contribution in [0.15, 0.2) is 4.52 Å². The van der Waals surface area contributed by atoms with Gasteiger partial charge in [0.05, 0.1) is 19.3 Å². The Morgan fingerprint density at radius 2 is 2.29 bits per heavy atom. The van der Waals surface area contributed by atoms with Crippen LogP contribution in [0.3, 0.4) is 0 Å². The number of aliphatic hydroxyl groups excluding tert-OH is 1. The Morgan fingerprint density at radius 1 is 1.48 bits per heavy atom. The average molecular weight is 298 g/mol. The predicted octanol–water partition coefficient (Wildman–Crippen LogP) is 0.145. The highest BCUT2D eigenvalue weighted by molar-refractivity contribution is 4.89. The van der Waals surface area contributed by atoms with Gasteiger partial charge in [-0.1, -0.05) is 5.16 Å². The monoisotopic (exact) mass is 298 g/mol. The molecule has 1 aliphatic heterocycles.